The summed E-state index contributed by atoms with van der Waals surface area (Å²) >= 11 is 0. The molecule has 0 aromatic carbocycles. The van der Waals surface area contributed by atoms with Crippen LogP contribution in [0.25, 0.3) is 0 Å². The number of hydrogen-bond donors (Lipinski definition) is 3. The Morgan fingerprint density at radius 3 is 2.25 bits per heavy atom. The van der Waals surface area contributed by atoms with Gasteiger partial charge in [0.1, 0.15) is 12.6 Å². The molecule has 4 heterocycles. The van der Waals surface area contributed by atoms with E-state index in [4.69, 9.17) is 41.1 Å². The number of terminal acetylenes is 1. The van der Waals surface area contributed by atoms with Crippen LogP contribution in [0.3, 0.4) is 0 Å². The second-order valence-electron chi connectivity index (χ2n) is 12.1. The molecule has 284 valence electrons. The van der Waals surface area contributed by atoms with E-state index in [9.17, 15) is 14.7 Å². The first-order valence-corrected chi connectivity index (χ1v) is 17.2. The third kappa shape index (κ3) is 13.0. The van der Waals surface area contributed by atoms with Crippen molar-refractivity contribution in [1.29, 1.82) is 0 Å². The van der Waals surface area contributed by atoms with Gasteiger partial charge in [-0.2, -0.15) is 15.0 Å². The van der Waals surface area contributed by atoms with Crippen molar-refractivity contribution in [1.82, 2.24) is 34.8 Å². The van der Waals surface area contributed by atoms with Gasteiger partial charge in [0, 0.05) is 52.2 Å². The Labute approximate surface area is 305 Å². The van der Waals surface area contributed by atoms with Gasteiger partial charge in [-0.05, 0) is 12.3 Å². The SMILES string of the molecule is C#CCOCCOCCOCCNc1nc(N2CCOCC2)nc(N2CCN(C(=O)C(CCC(=O)O)n3cc(C(N)C(C)CC)nn3)CC2)n1.[Cl-]. The minimum absolute atomic E-state index is 0. The molecule has 3 atom stereocenters. The average Bonchev–Trinajstić information content (AvgIpc) is 3.63. The van der Waals surface area contributed by atoms with E-state index in [-0.39, 0.29) is 49.7 Å². The minimum Gasteiger partial charge on any atom is -1.00 e. The molecule has 18 nitrogen and oxygen atoms in total. The van der Waals surface area contributed by atoms with Crippen molar-refractivity contribution < 1.29 is 46.1 Å². The van der Waals surface area contributed by atoms with Crippen molar-refractivity contribution in [2.24, 2.45) is 11.7 Å². The molecule has 2 aliphatic rings. The summed E-state index contributed by atoms with van der Waals surface area (Å²) in [6.45, 7) is 11.2. The minimum atomic E-state index is -0.987. The number of nitrogens with one attached hydrogen (secondary N) is 1. The molecular formula is C32H51ClN11O7-. The van der Waals surface area contributed by atoms with Gasteiger partial charge in [-0.25, -0.2) is 4.68 Å². The summed E-state index contributed by atoms with van der Waals surface area (Å²) in [5.74, 6) is 2.85. The summed E-state index contributed by atoms with van der Waals surface area (Å²) < 4.78 is 23.3. The Bertz CT molecular complexity index is 1380. The van der Waals surface area contributed by atoms with Gasteiger partial charge in [-0.15, -0.1) is 11.5 Å². The van der Waals surface area contributed by atoms with Gasteiger partial charge < -0.3 is 62.2 Å². The highest BCUT2D eigenvalue weighted by molar-refractivity contribution is 5.81. The molecule has 1 amide bonds. The van der Waals surface area contributed by atoms with Gasteiger partial charge in [-0.1, -0.05) is 31.4 Å². The summed E-state index contributed by atoms with van der Waals surface area (Å²) in [5.41, 5.74) is 6.93. The fraction of sp³-hybridized carbons (Fsp3) is 0.719. The van der Waals surface area contributed by atoms with Crippen LogP contribution in [-0.4, -0.2) is 150 Å². The maximum atomic E-state index is 13.8. The summed E-state index contributed by atoms with van der Waals surface area (Å²) in [7, 11) is 0. The molecule has 51 heavy (non-hydrogen) atoms. The number of aromatic nitrogens is 6. The smallest absolute Gasteiger partial charge is 0.303 e. The lowest BCUT2D eigenvalue weighted by atomic mass is 9.98. The van der Waals surface area contributed by atoms with Gasteiger partial charge in [0.25, 0.3) is 0 Å². The topological polar surface area (TPSA) is 208 Å². The Balaban J connectivity index is 0.00000702. The zero-order chi connectivity index (χ0) is 35.7. The van der Waals surface area contributed by atoms with Crippen molar-refractivity contribution in [2.45, 2.75) is 45.2 Å². The molecule has 2 aromatic heterocycles. The maximum Gasteiger partial charge on any atom is 0.303 e. The number of halogens is 1. The van der Waals surface area contributed by atoms with Crippen LogP contribution in [0, 0.1) is 18.3 Å². The number of carbonyl (C=O) groups excluding carboxylic acids is 1. The zero-order valence-corrected chi connectivity index (χ0v) is 30.2. The van der Waals surface area contributed by atoms with E-state index in [1.54, 1.807) is 11.1 Å². The quantitative estimate of drug-likeness (QED) is 0.0874. The molecule has 0 radical (unpaired) electrons. The summed E-state index contributed by atoms with van der Waals surface area (Å²) in [5, 5.41) is 21.1. The maximum absolute atomic E-state index is 13.8. The Morgan fingerprint density at radius 1 is 1.00 bits per heavy atom. The number of aliphatic carboxylic acids is 1. The number of piperazine rings is 1. The van der Waals surface area contributed by atoms with Gasteiger partial charge in [-0.3, -0.25) is 9.59 Å². The average molecular weight is 737 g/mol. The fourth-order valence-corrected chi connectivity index (χ4v) is 5.39. The number of morpholine rings is 1. The number of carboxylic acids is 1. The van der Waals surface area contributed by atoms with Crippen molar-refractivity contribution in [2.75, 3.05) is 114 Å². The number of carboxylic acid groups (broad SMARTS) is 1. The molecule has 4 N–H and O–H groups in total. The van der Waals surface area contributed by atoms with E-state index in [1.807, 2.05) is 18.7 Å². The van der Waals surface area contributed by atoms with Crippen LogP contribution in [0.1, 0.15) is 50.9 Å². The molecular weight excluding hydrogens is 686 g/mol. The van der Waals surface area contributed by atoms with E-state index in [0.717, 1.165) is 6.42 Å². The van der Waals surface area contributed by atoms with Crippen molar-refractivity contribution in [3.63, 3.8) is 0 Å². The van der Waals surface area contributed by atoms with Crippen LogP contribution in [0.2, 0.25) is 0 Å². The highest BCUT2D eigenvalue weighted by atomic mass is 35.5. The Kier molecular flexibility index (Phi) is 18.1. The van der Waals surface area contributed by atoms with Crippen molar-refractivity contribution in [3.8, 4) is 12.3 Å². The van der Waals surface area contributed by atoms with Gasteiger partial charge in [0.15, 0.2) is 0 Å². The number of carbonyl (C=O) groups is 2. The van der Waals surface area contributed by atoms with Crippen LogP contribution < -0.4 is 33.3 Å². The van der Waals surface area contributed by atoms with Crippen LogP contribution in [0.5, 0.6) is 0 Å². The second kappa shape index (κ2) is 22.2. The molecule has 19 heteroatoms. The first kappa shape index (κ1) is 41.6. The molecule has 2 aromatic rings. The van der Waals surface area contributed by atoms with Crippen molar-refractivity contribution in [3.05, 3.63) is 11.9 Å². The molecule has 0 aliphatic carbocycles. The molecule has 0 bridgehead atoms. The summed E-state index contributed by atoms with van der Waals surface area (Å²) in [6, 6.07) is -1.15. The second-order valence-corrected chi connectivity index (χ2v) is 12.1. The van der Waals surface area contributed by atoms with Crippen LogP contribution >= 0.6 is 0 Å². The fourth-order valence-electron chi connectivity index (χ4n) is 5.39. The normalized spacial score (nSPS) is 16.5. The highest BCUT2D eigenvalue weighted by Crippen LogP contribution is 2.24. The third-order valence-electron chi connectivity index (χ3n) is 8.60. The number of amides is 1. The van der Waals surface area contributed by atoms with E-state index >= 15 is 0 Å². The molecule has 2 aliphatic heterocycles. The molecule has 3 unspecified atom stereocenters. The molecule has 4 rings (SSSR count). The highest BCUT2D eigenvalue weighted by Gasteiger charge is 2.32. The molecule has 0 spiro atoms. The lowest BCUT2D eigenvalue weighted by Gasteiger charge is -2.36. The lowest BCUT2D eigenvalue weighted by Crippen LogP contribution is -3.00. The van der Waals surface area contributed by atoms with E-state index in [1.165, 1.54) is 4.68 Å². The first-order valence-electron chi connectivity index (χ1n) is 17.2. The van der Waals surface area contributed by atoms with Gasteiger partial charge >= 0.3 is 5.97 Å². The van der Waals surface area contributed by atoms with Gasteiger partial charge in [0.2, 0.25) is 23.8 Å². The summed E-state index contributed by atoms with van der Waals surface area (Å²) in [4.78, 5) is 45.2. The Hall–Kier alpha value is -3.86. The number of ether oxygens (including phenoxy) is 4. The summed E-state index contributed by atoms with van der Waals surface area (Å²) in [6.07, 6.45) is 7.58. The predicted molar refractivity (Wildman–Crippen MR) is 184 cm³/mol. The zero-order valence-electron chi connectivity index (χ0n) is 29.5. The van der Waals surface area contributed by atoms with E-state index < -0.39 is 12.0 Å². The Morgan fingerprint density at radius 2 is 1.63 bits per heavy atom. The first-order chi connectivity index (χ1) is 24.3. The van der Waals surface area contributed by atoms with Crippen LogP contribution in [0.15, 0.2) is 6.20 Å². The van der Waals surface area contributed by atoms with E-state index in [0.29, 0.717) is 116 Å². The lowest BCUT2D eigenvalue weighted by molar-refractivity contribution is -0.138. The third-order valence-corrected chi connectivity index (χ3v) is 8.60. The number of hydrogen-bond acceptors (Lipinski definition) is 15. The monoisotopic (exact) mass is 736 g/mol. The van der Waals surface area contributed by atoms with E-state index in [2.05, 4.69) is 31.4 Å². The van der Waals surface area contributed by atoms with Crippen LogP contribution in [-0.2, 0) is 28.5 Å². The van der Waals surface area contributed by atoms with Gasteiger partial charge in [0.05, 0.1) is 64.2 Å². The van der Waals surface area contributed by atoms with Crippen molar-refractivity contribution >= 4 is 29.7 Å². The van der Waals surface area contributed by atoms with Crippen LogP contribution in [0.4, 0.5) is 17.8 Å². The number of rotatable bonds is 21. The largest absolute Gasteiger partial charge is 1.00 e. The molecule has 2 fully saturated rings. The standard InChI is InChI=1S/C32H51N11O7.ClH/c1-4-15-47-19-21-50-22-20-48-16-8-34-30-35-31(37-32(36-30)42-13-17-49-18-14-42)41-11-9-40(10-12-41)29(46)26(6-7-27(44)45)43-23-25(38-39-43)28(33)24(3)5-2;/h1,23-24,26,28H,5-22,33H2,2-3H3,(H,44,45)(H,34,35,36,37);1H/p-1. The number of nitrogens with zero attached hydrogens (tertiary/aromatic N) is 9. The molecule has 2 saturated heterocycles. The molecule has 0 saturated carbocycles. The predicted octanol–water partition coefficient (Wildman–Crippen LogP) is -2.80. The number of anilines is 3. The number of nitrogens with two attached hydrogens (primary N) is 1.